The van der Waals surface area contributed by atoms with Gasteiger partial charge < -0.3 is 4.74 Å². The van der Waals surface area contributed by atoms with Gasteiger partial charge in [-0.05, 0) is 28.9 Å². The fraction of sp³-hybridized carbons (Fsp3) is 0.462. The minimum Gasteiger partial charge on any atom is -0.474 e. The van der Waals surface area contributed by atoms with Crippen molar-refractivity contribution in [3.05, 3.63) is 24.5 Å². The first-order valence-corrected chi connectivity index (χ1v) is 6.27. The lowest BCUT2D eigenvalue weighted by molar-refractivity contribution is 0.251. The van der Waals surface area contributed by atoms with Gasteiger partial charge in [-0.1, -0.05) is 26.2 Å². The summed E-state index contributed by atoms with van der Waals surface area (Å²) in [5.74, 6) is 0.444. The monoisotopic (exact) mass is 247 g/mol. The second-order valence-corrected chi connectivity index (χ2v) is 4.07. The SMILES string of the molecule is CCCCCCOc1nonc1-c1cccnc1. The van der Waals surface area contributed by atoms with Crippen molar-refractivity contribution < 1.29 is 9.37 Å². The van der Waals surface area contributed by atoms with Crippen molar-refractivity contribution in [1.82, 2.24) is 15.3 Å². The molecule has 0 aliphatic heterocycles. The molecular formula is C13H17N3O2. The molecule has 0 atom stereocenters. The van der Waals surface area contributed by atoms with Crippen molar-refractivity contribution in [2.75, 3.05) is 6.61 Å². The molecule has 0 bridgehead atoms. The normalized spacial score (nSPS) is 10.5. The Bertz CT molecular complexity index is 456. The highest BCUT2D eigenvalue weighted by atomic mass is 16.6. The van der Waals surface area contributed by atoms with Crippen molar-refractivity contribution in [2.45, 2.75) is 32.6 Å². The van der Waals surface area contributed by atoms with Crippen LogP contribution in [0.5, 0.6) is 5.88 Å². The van der Waals surface area contributed by atoms with E-state index in [1.165, 1.54) is 19.3 Å². The smallest absolute Gasteiger partial charge is 0.283 e. The summed E-state index contributed by atoms with van der Waals surface area (Å²) in [4.78, 5) is 4.04. The zero-order valence-electron chi connectivity index (χ0n) is 10.5. The van der Waals surface area contributed by atoms with E-state index in [9.17, 15) is 0 Å². The van der Waals surface area contributed by atoms with Crippen LogP contribution >= 0.6 is 0 Å². The van der Waals surface area contributed by atoms with Crippen molar-refractivity contribution in [2.24, 2.45) is 0 Å². The summed E-state index contributed by atoms with van der Waals surface area (Å²) in [7, 11) is 0. The fourth-order valence-electron chi connectivity index (χ4n) is 1.65. The number of hydrogen-bond donors (Lipinski definition) is 0. The summed E-state index contributed by atoms with van der Waals surface area (Å²) in [6, 6.07) is 3.74. The Morgan fingerprint density at radius 2 is 2.17 bits per heavy atom. The molecule has 0 aliphatic carbocycles. The molecule has 0 aliphatic rings. The predicted octanol–water partition coefficient (Wildman–Crippen LogP) is 3.09. The van der Waals surface area contributed by atoms with Gasteiger partial charge in [0.15, 0.2) is 5.69 Å². The number of ether oxygens (including phenoxy) is 1. The van der Waals surface area contributed by atoms with Crippen molar-refractivity contribution >= 4 is 0 Å². The lowest BCUT2D eigenvalue weighted by Crippen LogP contribution is -1.98. The maximum Gasteiger partial charge on any atom is 0.283 e. The van der Waals surface area contributed by atoms with Gasteiger partial charge >= 0.3 is 0 Å². The van der Waals surface area contributed by atoms with E-state index in [1.807, 2.05) is 12.1 Å². The maximum absolute atomic E-state index is 5.58. The van der Waals surface area contributed by atoms with E-state index in [0.717, 1.165) is 12.0 Å². The molecule has 2 aromatic heterocycles. The number of pyridine rings is 1. The highest BCUT2D eigenvalue weighted by Gasteiger charge is 2.13. The topological polar surface area (TPSA) is 61.0 Å². The van der Waals surface area contributed by atoms with Gasteiger partial charge in [-0.15, -0.1) is 0 Å². The van der Waals surface area contributed by atoms with E-state index in [2.05, 4.69) is 22.2 Å². The minimum atomic E-state index is 0.444. The molecule has 0 spiro atoms. The van der Waals surface area contributed by atoms with Gasteiger partial charge in [-0.2, -0.15) is 0 Å². The summed E-state index contributed by atoms with van der Waals surface area (Å²) >= 11 is 0. The van der Waals surface area contributed by atoms with Crippen LogP contribution in [0.4, 0.5) is 0 Å². The van der Waals surface area contributed by atoms with Crippen LogP contribution in [-0.4, -0.2) is 21.9 Å². The largest absolute Gasteiger partial charge is 0.474 e. The summed E-state index contributed by atoms with van der Waals surface area (Å²) < 4.78 is 10.3. The van der Waals surface area contributed by atoms with Crippen LogP contribution in [0.25, 0.3) is 11.3 Å². The number of hydrogen-bond acceptors (Lipinski definition) is 5. The molecule has 0 saturated carbocycles. The fourth-order valence-corrected chi connectivity index (χ4v) is 1.65. The Kier molecular flexibility index (Phi) is 4.69. The van der Waals surface area contributed by atoms with Crippen LogP contribution in [0.15, 0.2) is 29.2 Å². The lowest BCUT2D eigenvalue weighted by atomic mass is 10.2. The second kappa shape index (κ2) is 6.74. The third kappa shape index (κ3) is 3.29. The van der Waals surface area contributed by atoms with E-state index in [4.69, 9.17) is 9.37 Å². The van der Waals surface area contributed by atoms with Gasteiger partial charge in [0.1, 0.15) is 0 Å². The van der Waals surface area contributed by atoms with Crippen molar-refractivity contribution in [3.63, 3.8) is 0 Å². The van der Waals surface area contributed by atoms with Crippen LogP contribution in [0.1, 0.15) is 32.6 Å². The van der Waals surface area contributed by atoms with Gasteiger partial charge in [-0.25, -0.2) is 4.63 Å². The molecule has 2 aromatic rings. The molecule has 0 aromatic carbocycles. The third-order valence-electron chi connectivity index (χ3n) is 2.63. The van der Waals surface area contributed by atoms with Crippen LogP contribution < -0.4 is 4.74 Å². The molecule has 0 N–H and O–H groups in total. The number of nitrogens with zero attached hydrogens (tertiary/aromatic N) is 3. The third-order valence-corrected chi connectivity index (χ3v) is 2.63. The van der Waals surface area contributed by atoms with E-state index >= 15 is 0 Å². The maximum atomic E-state index is 5.58. The molecule has 5 nitrogen and oxygen atoms in total. The van der Waals surface area contributed by atoms with E-state index in [0.29, 0.717) is 18.2 Å². The zero-order valence-corrected chi connectivity index (χ0v) is 10.5. The molecule has 18 heavy (non-hydrogen) atoms. The average Bonchev–Trinajstić information content (AvgIpc) is 2.88. The first kappa shape index (κ1) is 12.5. The molecule has 2 rings (SSSR count). The first-order valence-electron chi connectivity index (χ1n) is 6.27. The van der Waals surface area contributed by atoms with Crippen LogP contribution in [0, 0.1) is 0 Å². The van der Waals surface area contributed by atoms with Gasteiger partial charge in [-0.3, -0.25) is 4.98 Å². The minimum absolute atomic E-state index is 0.444. The van der Waals surface area contributed by atoms with Crippen LogP contribution in [0.3, 0.4) is 0 Å². The Labute approximate surface area is 106 Å². The number of aromatic nitrogens is 3. The van der Waals surface area contributed by atoms with E-state index < -0.39 is 0 Å². The molecule has 0 saturated heterocycles. The first-order chi connectivity index (χ1) is 8.92. The zero-order chi connectivity index (χ0) is 12.6. The van der Waals surface area contributed by atoms with E-state index in [1.54, 1.807) is 12.4 Å². The standard InChI is InChI=1S/C13H17N3O2/c1-2-3-4-5-9-17-13-12(15-18-16-13)11-7-6-8-14-10-11/h6-8,10H,2-5,9H2,1H3. The summed E-state index contributed by atoms with van der Waals surface area (Å²) in [6.45, 7) is 2.82. The predicted molar refractivity (Wildman–Crippen MR) is 67.2 cm³/mol. The lowest BCUT2D eigenvalue weighted by Gasteiger charge is -2.03. The van der Waals surface area contributed by atoms with Crippen molar-refractivity contribution in [1.29, 1.82) is 0 Å². The van der Waals surface area contributed by atoms with Crippen molar-refractivity contribution in [3.8, 4) is 17.1 Å². The molecular weight excluding hydrogens is 230 g/mol. The second-order valence-electron chi connectivity index (χ2n) is 4.07. The summed E-state index contributed by atoms with van der Waals surface area (Å²) in [5.41, 5.74) is 1.46. The Morgan fingerprint density at radius 1 is 1.22 bits per heavy atom. The summed E-state index contributed by atoms with van der Waals surface area (Å²) in [5, 5.41) is 7.62. The van der Waals surface area contributed by atoms with Crippen LogP contribution in [-0.2, 0) is 0 Å². The van der Waals surface area contributed by atoms with E-state index in [-0.39, 0.29) is 0 Å². The molecule has 0 unspecified atom stereocenters. The quantitative estimate of drug-likeness (QED) is 0.703. The van der Waals surface area contributed by atoms with Gasteiger partial charge in [0.2, 0.25) is 0 Å². The highest BCUT2D eigenvalue weighted by molar-refractivity contribution is 5.61. The Hall–Kier alpha value is -1.91. The highest BCUT2D eigenvalue weighted by Crippen LogP contribution is 2.25. The average molecular weight is 247 g/mol. The number of unbranched alkanes of at least 4 members (excludes halogenated alkanes) is 3. The molecule has 96 valence electrons. The molecule has 0 amide bonds. The Morgan fingerprint density at radius 3 is 2.94 bits per heavy atom. The Balaban J connectivity index is 1.92. The van der Waals surface area contributed by atoms with Gasteiger partial charge in [0.05, 0.1) is 6.61 Å². The molecule has 5 heteroatoms. The number of rotatable bonds is 7. The molecule has 2 heterocycles. The molecule has 0 radical (unpaired) electrons. The van der Waals surface area contributed by atoms with Crippen LogP contribution in [0.2, 0.25) is 0 Å². The molecule has 0 fully saturated rings. The van der Waals surface area contributed by atoms with Gasteiger partial charge in [0, 0.05) is 18.0 Å². The summed E-state index contributed by atoms with van der Waals surface area (Å²) in [6.07, 6.45) is 8.06. The van der Waals surface area contributed by atoms with Gasteiger partial charge in [0.25, 0.3) is 5.88 Å².